The van der Waals surface area contributed by atoms with E-state index in [1.165, 1.54) is 37.3 Å². The Bertz CT molecular complexity index is 1200. The SMILES string of the molecule is C[C@H](NC(=O)C(=O)Nc1ccc(F)cc1)C(=O)N[C@@H](CC(=O)O)C(=O)COC(=O)c1c(Cl)cccc1Cl. The third kappa shape index (κ3) is 8.85. The van der Waals surface area contributed by atoms with Crippen LogP contribution in [0.1, 0.15) is 23.7 Å². The van der Waals surface area contributed by atoms with E-state index >= 15 is 0 Å². The molecule has 0 heterocycles. The number of carbonyl (C=O) groups excluding carboxylic acids is 5. The molecule has 2 aromatic carbocycles. The van der Waals surface area contributed by atoms with E-state index in [4.69, 9.17) is 33.0 Å². The zero-order valence-corrected chi connectivity index (χ0v) is 20.6. The largest absolute Gasteiger partial charge is 0.481 e. The van der Waals surface area contributed by atoms with Gasteiger partial charge in [0.05, 0.1) is 22.0 Å². The summed E-state index contributed by atoms with van der Waals surface area (Å²) < 4.78 is 17.8. The summed E-state index contributed by atoms with van der Waals surface area (Å²) in [6.07, 6.45) is -0.860. The van der Waals surface area contributed by atoms with E-state index in [2.05, 4.69) is 16.0 Å². The number of hydrogen-bond acceptors (Lipinski definition) is 7. The smallest absolute Gasteiger partial charge is 0.341 e. The summed E-state index contributed by atoms with van der Waals surface area (Å²) in [5.41, 5.74) is -0.0777. The third-order valence-electron chi connectivity index (χ3n) is 4.65. The minimum absolute atomic E-state index is 0.0339. The number of carboxylic acid groups (broad SMARTS) is 1. The molecule has 3 amide bonds. The molecule has 196 valence electrons. The number of ether oxygens (including phenoxy) is 1. The monoisotopic (exact) mass is 555 g/mol. The highest BCUT2D eigenvalue weighted by Crippen LogP contribution is 2.25. The van der Waals surface area contributed by atoms with E-state index < -0.39 is 66.4 Å². The second-order valence-electron chi connectivity index (χ2n) is 7.45. The van der Waals surface area contributed by atoms with Crippen molar-refractivity contribution in [3.05, 3.63) is 63.9 Å². The number of nitrogens with one attached hydrogen (secondary N) is 3. The van der Waals surface area contributed by atoms with Gasteiger partial charge in [-0.25, -0.2) is 9.18 Å². The van der Waals surface area contributed by atoms with Crippen LogP contribution in [0, 0.1) is 5.82 Å². The third-order valence-corrected chi connectivity index (χ3v) is 5.28. The molecule has 0 aliphatic carbocycles. The minimum Gasteiger partial charge on any atom is -0.481 e. The van der Waals surface area contributed by atoms with Gasteiger partial charge in [0.15, 0.2) is 12.4 Å². The number of carboxylic acids is 1. The van der Waals surface area contributed by atoms with E-state index in [0.717, 1.165) is 12.1 Å². The summed E-state index contributed by atoms with van der Waals surface area (Å²) in [6, 6.07) is 5.76. The van der Waals surface area contributed by atoms with Crippen molar-refractivity contribution in [1.29, 1.82) is 0 Å². The lowest BCUT2D eigenvalue weighted by Gasteiger charge is -2.19. The second kappa shape index (κ2) is 13.3. The van der Waals surface area contributed by atoms with Crippen LogP contribution in [0.4, 0.5) is 10.1 Å². The van der Waals surface area contributed by atoms with Gasteiger partial charge < -0.3 is 25.8 Å². The van der Waals surface area contributed by atoms with Gasteiger partial charge in [-0.2, -0.15) is 0 Å². The molecule has 0 fully saturated rings. The lowest BCUT2D eigenvalue weighted by molar-refractivity contribution is -0.141. The first kappa shape index (κ1) is 29.2. The number of amides is 3. The molecule has 2 atom stereocenters. The Labute approximate surface area is 219 Å². The number of ketones is 1. The molecule has 0 bridgehead atoms. The van der Waals surface area contributed by atoms with Crippen molar-refractivity contribution < 1.29 is 43.0 Å². The van der Waals surface area contributed by atoms with E-state index in [1.807, 2.05) is 0 Å². The fraction of sp³-hybridized carbons (Fsp3) is 0.217. The molecule has 0 saturated heterocycles. The summed E-state index contributed by atoms with van der Waals surface area (Å²) in [7, 11) is 0. The van der Waals surface area contributed by atoms with Gasteiger partial charge in [-0.1, -0.05) is 29.3 Å². The van der Waals surface area contributed by atoms with Crippen LogP contribution < -0.4 is 16.0 Å². The highest BCUT2D eigenvalue weighted by molar-refractivity contribution is 6.40. The molecule has 0 radical (unpaired) electrons. The molecule has 2 rings (SSSR count). The fourth-order valence-corrected chi connectivity index (χ4v) is 3.32. The van der Waals surface area contributed by atoms with Crippen LogP contribution in [-0.2, 0) is 28.7 Å². The minimum atomic E-state index is -1.63. The molecule has 0 aromatic heterocycles. The van der Waals surface area contributed by atoms with Crippen LogP contribution in [0.3, 0.4) is 0 Å². The summed E-state index contributed by atoms with van der Waals surface area (Å²) in [4.78, 5) is 72.5. The van der Waals surface area contributed by atoms with E-state index in [1.54, 1.807) is 0 Å². The van der Waals surface area contributed by atoms with Crippen molar-refractivity contribution in [3.63, 3.8) is 0 Å². The Balaban J connectivity index is 1.96. The molecule has 4 N–H and O–H groups in total. The normalized spacial score (nSPS) is 12.0. The van der Waals surface area contributed by atoms with E-state index in [0.29, 0.717) is 0 Å². The molecule has 0 unspecified atom stereocenters. The van der Waals surface area contributed by atoms with Crippen LogP contribution in [0.2, 0.25) is 10.0 Å². The van der Waals surface area contributed by atoms with Gasteiger partial charge in [-0.15, -0.1) is 0 Å². The predicted octanol–water partition coefficient (Wildman–Crippen LogP) is 1.96. The van der Waals surface area contributed by atoms with E-state index in [-0.39, 0.29) is 21.3 Å². The second-order valence-corrected chi connectivity index (χ2v) is 8.27. The maximum absolute atomic E-state index is 12.9. The maximum atomic E-state index is 12.9. The molecular formula is C23H20Cl2FN3O8. The topological polar surface area (TPSA) is 168 Å². The van der Waals surface area contributed by atoms with Crippen molar-refractivity contribution in [2.75, 3.05) is 11.9 Å². The van der Waals surface area contributed by atoms with Crippen LogP contribution in [0.5, 0.6) is 0 Å². The average molecular weight is 556 g/mol. The van der Waals surface area contributed by atoms with Gasteiger partial charge in [0.25, 0.3) is 0 Å². The molecule has 2 aromatic rings. The van der Waals surface area contributed by atoms with Gasteiger partial charge in [0, 0.05) is 5.69 Å². The molecule has 0 aliphatic rings. The van der Waals surface area contributed by atoms with Gasteiger partial charge >= 0.3 is 23.8 Å². The van der Waals surface area contributed by atoms with Crippen molar-refractivity contribution >= 4 is 64.3 Å². The summed E-state index contributed by atoms with van der Waals surface area (Å²) in [6.45, 7) is 0.263. The summed E-state index contributed by atoms with van der Waals surface area (Å²) in [5.74, 6) is -7.40. The van der Waals surface area contributed by atoms with Crippen molar-refractivity contribution in [3.8, 4) is 0 Å². The molecular weight excluding hydrogens is 536 g/mol. The highest BCUT2D eigenvalue weighted by Gasteiger charge is 2.29. The van der Waals surface area contributed by atoms with Crippen LogP contribution in [0.25, 0.3) is 0 Å². The first-order valence-electron chi connectivity index (χ1n) is 10.4. The molecule has 11 nitrogen and oxygen atoms in total. The molecule has 0 saturated carbocycles. The van der Waals surface area contributed by atoms with Gasteiger partial charge in [0.2, 0.25) is 5.91 Å². The first-order chi connectivity index (χ1) is 17.4. The average Bonchev–Trinajstić information content (AvgIpc) is 2.82. The van der Waals surface area contributed by atoms with Gasteiger partial charge in [-0.05, 0) is 43.3 Å². The molecule has 0 spiro atoms. The lowest BCUT2D eigenvalue weighted by atomic mass is 10.1. The number of aliphatic carboxylic acids is 1. The van der Waals surface area contributed by atoms with Crippen molar-refractivity contribution in [2.45, 2.75) is 25.4 Å². The first-order valence-corrected chi connectivity index (χ1v) is 11.2. The summed E-state index contributed by atoms with van der Waals surface area (Å²) >= 11 is 11.8. The van der Waals surface area contributed by atoms with Crippen LogP contribution in [-0.4, -0.2) is 59.2 Å². The number of benzene rings is 2. The standard InChI is InChI=1S/C23H20Cl2FN3O8/c1-11(27-21(34)22(35)28-13-7-5-12(26)6-8-13)20(33)29-16(9-18(31)32)17(30)10-37-23(36)19-14(24)3-2-4-15(19)25/h2-8,11,16H,9-10H2,1H3,(H,27,34)(H,28,35)(H,29,33)(H,31,32)/t11-,16-/m0/s1. The number of halogens is 3. The fourth-order valence-electron chi connectivity index (χ4n) is 2.77. The number of hydrogen-bond donors (Lipinski definition) is 4. The number of carbonyl (C=O) groups is 6. The Morgan fingerprint density at radius 3 is 2.11 bits per heavy atom. The molecule has 14 heteroatoms. The van der Waals surface area contributed by atoms with Crippen molar-refractivity contribution in [1.82, 2.24) is 10.6 Å². The quantitative estimate of drug-likeness (QED) is 0.255. The van der Waals surface area contributed by atoms with Gasteiger partial charge in [-0.3, -0.25) is 24.0 Å². The van der Waals surface area contributed by atoms with Crippen molar-refractivity contribution in [2.24, 2.45) is 0 Å². The zero-order valence-electron chi connectivity index (χ0n) is 19.0. The zero-order chi connectivity index (χ0) is 27.7. The van der Waals surface area contributed by atoms with Crippen LogP contribution >= 0.6 is 23.2 Å². The number of rotatable bonds is 10. The van der Waals surface area contributed by atoms with E-state index in [9.17, 15) is 33.2 Å². The Morgan fingerprint density at radius 1 is 0.946 bits per heavy atom. The Kier molecular flexibility index (Phi) is 10.5. The molecule has 37 heavy (non-hydrogen) atoms. The summed E-state index contributed by atoms with van der Waals surface area (Å²) in [5, 5.41) is 15.4. The number of anilines is 1. The molecule has 0 aliphatic heterocycles. The number of esters is 1. The Hall–Kier alpha value is -4.03. The predicted molar refractivity (Wildman–Crippen MR) is 129 cm³/mol. The highest BCUT2D eigenvalue weighted by atomic mass is 35.5. The Morgan fingerprint density at radius 2 is 1.54 bits per heavy atom. The maximum Gasteiger partial charge on any atom is 0.341 e. The lowest BCUT2D eigenvalue weighted by Crippen LogP contribution is -2.53. The van der Waals surface area contributed by atoms with Crippen LogP contribution in [0.15, 0.2) is 42.5 Å². The van der Waals surface area contributed by atoms with Gasteiger partial charge in [0.1, 0.15) is 17.9 Å². The number of Topliss-reactive ketones (excluding diaryl/α,β-unsaturated/α-hetero) is 1.